The zero-order valence-corrected chi connectivity index (χ0v) is 17.9. The molecule has 0 fully saturated rings. The SMILES string of the molecule is C.CCS(=O)(=O)NCCCCCS.CN(C)CCc1c[nH]c2ccccc12. The van der Waals surface area contributed by atoms with E-state index in [1.165, 1.54) is 16.5 Å². The Balaban J connectivity index is 0.000000491. The molecule has 2 aromatic rings. The first-order chi connectivity index (χ1) is 12.4. The van der Waals surface area contributed by atoms with Gasteiger partial charge in [0.15, 0.2) is 0 Å². The lowest BCUT2D eigenvalue weighted by Gasteiger charge is -2.07. The first kappa shape index (κ1) is 26.0. The second kappa shape index (κ2) is 14.0. The van der Waals surface area contributed by atoms with Crippen LogP contribution < -0.4 is 4.72 Å². The first-order valence-electron chi connectivity index (χ1n) is 9.17. The molecule has 0 spiro atoms. The molecule has 0 aliphatic rings. The van der Waals surface area contributed by atoms with Crippen LogP contribution in [0.3, 0.4) is 0 Å². The number of benzene rings is 1. The van der Waals surface area contributed by atoms with Crippen molar-refractivity contribution in [2.24, 2.45) is 0 Å². The summed E-state index contributed by atoms with van der Waals surface area (Å²) in [6.07, 6.45) is 6.22. The Labute approximate surface area is 171 Å². The molecule has 1 aromatic heterocycles. The number of likely N-dealkylation sites (N-methyl/N-ethyl adjacent to an activating group) is 1. The molecule has 2 N–H and O–H groups in total. The van der Waals surface area contributed by atoms with Crippen LogP contribution in [0.2, 0.25) is 0 Å². The minimum Gasteiger partial charge on any atom is -0.361 e. The monoisotopic (exact) mass is 415 g/mol. The first-order valence-corrected chi connectivity index (χ1v) is 11.5. The lowest BCUT2D eigenvalue weighted by molar-refractivity contribution is 0.414. The third kappa shape index (κ3) is 10.8. The van der Waals surface area contributed by atoms with Crippen molar-refractivity contribution in [3.8, 4) is 0 Å². The Hall–Kier alpha value is -1.02. The number of sulfonamides is 1. The Kier molecular flexibility index (Phi) is 13.5. The third-order valence-electron chi connectivity index (χ3n) is 4.04. The number of aromatic nitrogens is 1. The maximum atomic E-state index is 10.9. The van der Waals surface area contributed by atoms with Crippen LogP contribution >= 0.6 is 12.6 Å². The number of hydrogen-bond donors (Lipinski definition) is 3. The summed E-state index contributed by atoms with van der Waals surface area (Å²) >= 11 is 4.06. The fraction of sp³-hybridized carbons (Fsp3) is 0.600. The van der Waals surface area contributed by atoms with Crippen molar-refractivity contribution in [1.29, 1.82) is 0 Å². The molecule has 0 aliphatic carbocycles. The molecule has 0 saturated heterocycles. The molecule has 0 radical (unpaired) electrons. The molecule has 0 saturated carbocycles. The Bertz CT molecular complexity index is 728. The molecule has 2 rings (SSSR count). The van der Waals surface area contributed by atoms with Gasteiger partial charge in [0.05, 0.1) is 5.75 Å². The predicted octanol–water partition coefficient (Wildman–Crippen LogP) is 3.93. The van der Waals surface area contributed by atoms with Crippen LogP contribution in [0.1, 0.15) is 39.2 Å². The van der Waals surface area contributed by atoms with Crippen molar-refractivity contribution in [3.05, 3.63) is 36.0 Å². The number of para-hydroxylation sites is 1. The van der Waals surface area contributed by atoms with Gasteiger partial charge in [0.1, 0.15) is 0 Å². The van der Waals surface area contributed by atoms with Crippen molar-refractivity contribution in [1.82, 2.24) is 14.6 Å². The van der Waals surface area contributed by atoms with Crippen LogP contribution in [0, 0.1) is 0 Å². The average Bonchev–Trinajstić information content (AvgIpc) is 3.03. The van der Waals surface area contributed by atoms with E-state index in [9.17, 15) is 8.42 Å². The quantitative estimate of drug-likeness (QED) is 0.407. The Morgan fingerprint density at radius 3 is 2.48 bits per heavy atom. The highest BCUT2D eigenvalue weighted by Gasteiger charge is 2.04. The molecule has 156 valence electrons. The standard InChI is InChI=1S/C12H16N2.C7H17NO2S2.CH4/c1-14(2)8-7-10-9-13-12-6-4-3-5-11(10)12;1-2-12(9,10)8-6-4-3-5-7-11;/h3-6,9,13H,7-8H2,1-2H3;8,11H,2-7H2,1H3;1H4. The van der Waals surface area contributed by atoms with Crippen molar-refractivity contribution in [2.75, 3.05) is 38.7 Å². The second-order valence-corrected chi connectivity index (χ2v) is 9.04. The number of aromatic amines is 1. The number of nitrogens with one attached hydrogen (secondary N) is 2. The lowest BCUT2D eigenvalue weighted by Crippen LogP contribution is -2.26. The van der Waals surface area contributed by atoms with E-state index in [4.69, 9.17) is 0 Å². The summed E-state index contributed by atoms with van der Waals surface area (Å²) in [5, 5.41) is 1.36. The fourth-order valence-corrected chi connectivity index (χ4v) is 3.31. The van der Waals surface area contributed by atoms with Gasteiger partial charge in [-0.2, -0.15) is 12.6 Å². The summed E-state index contributed by atoms with van der Waals surface area (Å²) < 4.78 is 24.3. The highest BCUT2D eigenvalue weighted by molar-refractivity contribution is 7.89. The van der Waals surface area contributed by atoms with E-state index in [0.717, 1.165) is 38.0 Å². The average molecular weight is 416 g/mol. The zero-order chi connectivity index (χ0) is 19.4. The van der Waals surface area contributed by atoms with Gasteiger partial charge in [0, 0.05) is 30.2 Å². The summed E-state index contributed by atoms with van der Waals surface area (Å²) in [5.41, 5.74) is 2.65. The van der Waals surface area contributed by atoms with E-state index < -0.39 is 10.0 Å². The van der Waals surface area contributed by atoms with Crippen molar-refractivity contribution >= 4 is 33.6 Å². The van der Waals surface area contributed by atoms with E-state index >= 15 is 0 Å². The maximum absolute atomic E-state index is 10.9. The van der Waals surface area contributed by atoms with Gasteiger partial charge in [-0.1, -0.05) is 32.0 Å². The van der Waals surface area contributed by atoms with E-state index in [1.54, 1.807) is 6.92 Å². The van der Waals surface area contributed by atoms with E-state index in [0.29, 0.717) is 6.54 Å². The molecule has 5 nitrogen and oxygen atoms in total. The van der Waals surface area contributed by atoms with Gasteiger partial charge >= 0.3 is 0 Å². The number of nitrogens with zero attached hydrogens (tertiary/aromatic N) is 1. The summed E-state index contributed by atoms with van der Waals surface area (Å²) in [6.45, 7) is 3.29. The molecule has 0 unspecified atom stereocenters. The van der Waals surface area contributed by atoms with E-state index in [1.807, 2.05) is 0 Å². The molecular formula is C20H37N3O2S2. The summed E-state index contributed by atoms with van der Waals surface area (Å²) in [4.78, 5) is 5.50. The number of unbranched alkanes of at least 4 members (excludes halogenated alkanes) is 2. The summed E-state index contributed by atoms with van der Waals surface area (Å²) in [5.74, 6) is 1.04. The van der Waals surface area contributed by atoms with Gasteiger partial charge in [-0.15, -0.1) is 0 Å². The molecular weight excluding hydrogens is 378 g/mol. The van der Waals surface area contributed by atoms with Crippen molar-refractivity contribution < 1.29 is 8.42 Å². The van der Waals surface area contributed by atoms with Gasteiger partial charge in [-0.05, 0) is 57.7 Å². The van der Waals surface area contributed by atoms with Gasteiger partial charge < -0.3 is 9.88 Å². The lowest BCUT2D eigenvalue weighted by atomic mass is 10.1. The number of H-pyrrole nitrogens is 1. The molecule has 7 heteroatoms. The topological polar surface area (TPSA) is 65.2 Å². The van der Waals surface area contributed by atoms with Crippen LogP contribution in [0.5, 0.6) is 0 Å². The van der Waals surface area contributed by atoms with Crippen molar-refractivity contribution in [2.45, 2.75) is 40.0 Å². The third-order valence-corrected chi connectivity index (χ3v) is 5.76. The highest BCUT2D eigenvalue weighted by atomic mass is 32.2. The fourth-order valence-electron chi connectivity index (χ4n) is 2.43. The van der Waals surface area contributed by atoms with Gasteiger partial charge in [0.25, 0.3) is 0 Å². The molecule has 0 bridgehead atoms. The Morgan fingerprint density at radius 1 is 1.15 bits per heavy atom. The zero-order valence-electron chi connectivity index (χ0n) is 16.2. The van der Waals surface area contributed by atoms with Crippen molar-refractivity contribution in [3.63, 3.8) is 0 Å². The second-order valence-electron chi connectivity index (χ2n) is 6.49. The van der Waals surface area contributed by atoms with Gasteiger partial charge in [0.2, 0.25) is 10.0 Å². The Morgan fingerprint density at radius 2 is 1.85 bits per heavy atom. The molecule has 0 aliphatic heterocycles. The summed E-state index contributed by atoms with van der Waals surface area (Å²) in [7, 11) is 1.24. The number of hydrogen-bond acceptors (Lipinski definition) is 4. The van der Waals surface area contributed by atoms with Gasteiger partial charge in [-0.3, -0.25) is 0 Å². The van der Waals surface area contributed by atoms with Crippen LogP contribution in [-0.4, -0.2) is 57.0 Å². The number of thiol groups is 1. The predicted molar refractivity (Wildman–Crippen MR) is 122 cm³/mol. The minimum atomic E-state index is -2.98. The molecule has 0 amide bonds. The minimum absolute atomic E-state index is 0. The smallest absolute Gasteiger partial charge is 0.211 e. The number of rotatable bonds is 10. The van der Waals surface area contributed by atoms with E-state index in [-0.39, 0.29) is 13.2 Å². The summed E-state index contributed by atoms with van der Waals surface area (Å²) in [6, 6.07) is 8.45. The molecule has 0 atom stereocenters. The maximum Gasteiger partial charge on any atom is 0.211 e. The molecule has 1 aromatic carbocycles. The van der Waals surface area contributed by atoms with Crippen LogP contribution in [0.15, 0.2) is 30.5 Å². The van der Waals surface area contributed by atoms with Crippen LogP contribution in [-0.2, 0) is 16.4 Å². The largest absolute Gasteiger partial charge is 0.361 e. The van der Waals surface area contributed by atoms with E-state index in [2.05, 4.69) is 71.8 Å². The van der Waals surface area contributed by atoms with Crippen LogP contribution in [0.4, 0.5) is 0 Å². The molecule has 1 heterocycles. The molecule has 27 heavy (non-hydrogen) atoms. The van der Waals surface area contributed by atoms with Crippen LogP contribution in [0.25, 0.3) is 10.9 Å². The normalized spacial score (nSPS) is 11.1. The van der Waals surface area contributed by atoms with Gasteiger partial charge in [-0.25, -0.2) is 13.1 Å². The number of fused-ring (bicyclic) bond motifs is 1. The highest BCUT2D eigenvalue weighted by Crippen LogP contribution is 2.17.